The van der Waals surface area contributed by atoms with Crippen LogP contribution in [-0.2, 0) is 6.54 Å². The summed E-state index contributed by atoms with van der Waals surface area (Å²) in [5.74, 6) is 0.593. The molecule has 1 heterocycles. The molecule has 3 nitrogen and oxygen atoms in total. The van der Waals surface area contributed by atoms with Gasteiger partial charge < -0.3 is 10.3 Å². The molecule has 0 amide bonds. The summed E-state index contributed by atoms with van der Waals surface area (Å²) in [5.41, 5.74) is 2.43. The molecular weight excluding hydrogens is 268 g/mol. The molecule has 2 N–H and O–H groups in total. The van der Waals surface area contributed by atoms with E-state index in [9.17, 15) is 4.79 Å². The topological polar surface area (TPSA) is 44.9 Å². The fraction of sp³-hybridized carbons (Fsp3) is 0.438. The number of benzene rings is 1. The van der Waals surface area contributed by atoms with E-state index in [0.29, 0.717) is 12.0 Å². The molecule has 3 rings (SSSR count). The minimum absolute atomic E-state index is 0.0325. The zero-order valence-corrected chi connectivity index (χ0v) is 12.3. The third-order valence-electron chi connectivity index (χ3n) is 4.12. The lowest BCUT2D eigenvalue weighted by Gasteiger charge is -2.32. The van der Waals surface area contributed by atoms with E-state index < -0.39 is 0 Å². The Morgan fingerprint density at radius 3 is 2.75 bits per heavy atom. The van der Waals surface area contributed by atoms with Gasteiger partial charge in [0.15, 0.2) is 0 Å². The van der Waals surface area contributed by atoms with E-state index in [1.54, 1.807) is 0 Å². The van der Waals surface area contributed by atoms with E-state index in [-0.39, 0.29) is 4.87 Å². The molecule has 2 aromatic rings. The number of nitrogens with one attached hydrogen (secondary N) is 2. The number of aromatic nitrogens is 1. The van der Waals surface area contributed by atoms with Crippen molar-refractivity contribution >= 4 is 11.3 Å². The molecule has 0 radical (unpaired) electrons. The minimum Gasteiger partial charge on any atom is -0.315 e. The van der Waals surface area contributed by atoms with E-state index in [1.807, 2.05) is 5.38 Å². The summed E-state index contributed by atoms with van der Waals surface area (Å²) in [6, 6.07) is 11.3. The van der Waals surface area contributed by atoms with Gasteiger partial charge in [-0.3, -0.25) is 4.79 Å². The quantitative estimate of drug-likeness (QED) is 0.907. The predicted octanol–water partition coefficient (Wildman–Crippen LogP) is 3.25. The van der Waals surface area contributed by atoms with Crippen molar-refractivity contribution in [2.24, 2.45) is 0 Å². The molecule has 0 saturated heterocycles. The Hall–Kier alpha value is -1.39. The first-order valence-corrected chi connectivity index (χ1v) is 8.16. The maximum absolute atomic E-state index is 11.2. The Kier molecular flexibility index (Phi) is 4.33. The minimum atomic E-state index is 0.0325. The second kappa shape index (κ2) is 6.37. The lowest BCUT2D eigenvalue weighted by atomic mass is 9.80. The van der Waals surface area contributed by atoms with Crippen molar-refractivity contribution in [2.75, 3.05) is 0 Å². The highest BCUT2D eigenvalue weighted by Gasteiger charge is 2.25. The predicted molar refractivity (Wildman–Crippen MR) is 83.2 cm³/mol. The first-order valence-electron chi connectivity index (χ1n) is 7.28. The summed E-state index contributed by atoms with van der Waals surface area (Å²) < 4.78 is 0. The first kappa shape index (κ1) is 13.6. The highest BCUT2D eigenvalue weighted by Crippen LogP contribution is 2.33. The molecule has 1 aromatic heterocycles. The molecular formula is C16H20N2OS. The van der Waals surface area contributed by atoms with Crippen molar-refractivity contribution in [1.82, 2.24) is 10.3 Å². The van der Waals surface area contributed by atoms with Crippen molar-refractivity contribution in [3.8, 4) is 0 Å². The second-order valence-corrected chi connectivity index (χ2v) is 6.30. The molecule has 1 saturated carbocycles. The first-order chi connectivity index (χ1) is 9.83. The summed E-state index contributed by atoms with van der Waals surface area (Å²) in [6.07, 6.45) is 5.07. The van der Waals surface area contributed by atoms with Crippen LogP contribution in [0, 0.1) is 0 Å². The summed E-state index contributed by atoms with van der Waals surface area (Å²) >= 11 is 1.24. The van der Waals surface area contributed by atoms with Crippen LogP contribution in [0.3, 0.4) is 0 Å². The van der Waals surface area contributed by atoms with Crippen LogP contribution in [-0.4, -0.2) is 11.0 Å². The number of aromatic amines is 1. The molecule has 2 atom stereocenters. The Labute approximate surface area is 123 Å². The second-order valence-electron chi connectivity index (χ2n) is 5.46. The average molecular weight is 288 g/mol. The number of thiazole rings is 1. The normalized spacial score (nSPS) is 22.8. The molecule has 106 valence electrons. The molecule has 2 unspecified atom stereocenters. The van der Waals surface area contributed by atoms with Gasteiger partial charge >= 0.3 is 4.87 Å². The lowest BCUT2D eigenvalue weighted by molar-refractivity contribution is 0.325. The Morgan fingerprint density at radius 1 is 1.20 bits per heavy atom. The van der Waals surface area contributed by atoms with Crippen LogP contribution in [0.2, 0.25) is 0 Å². The standard InChI is InChI=1S/C16H20N2OS/c19-16-18-13(11-20-16)10-17-15-9-5-4-8-14(15)12-6-2-1-3-7-12/h1-3,6-7,11,14-15,17H,4-5,8-10H2,(H,18,19). The van der Waals surface area contributed by atoms with Crippen molar-refractivity contribution in [3.63, 3.8) is 0 Å². The lowest BCUT2D eigenvalue weighted by Crippen LogP contribution is -2.37. The van der Waals surface area contributed by atoms with Gasteiger partial charge in [0.2, 0.25) is 0 Å². The fourth-order valence-corrected chi connectivity index (χ4v) is 3.70. The molecule has 0 aliphatic heterocycles. The zero-order chi connectivity index (χ0) is 13.8. The van der Waals surface area contributed by atoms with Crippen LogP contribution in [0.15, 0.2) is 40.5 Å². The van der Waals surface area contributed by atoms with E-state index in [0.717, 1.165) is 12.2 Å². The largest absolute Gasteiger partial charge is 0.315 e. The van der Waals surface area contributed by atoms with Crippen molar-refractivity contribution in [1.29, 1.82) is 0 Å². The summed E-state index contributed by atoms with van der Waals surface area (Å²) in [4.78, 5) is 14.1. The summed E-state index contributed by atoms with van der Waals surface area (Å²) in [7, 11) is 0. The maximum atomic E-state index is 11.2. The summed E-state index contributed by atoms with van der Waals surface area (Å²) in [5, 5.41) is 5.55. The van der Waals surface area contributed by atoms with Crippen LogP contribution in [0.25, 0.3) is 0 Å². The number of H-pyrrole nitrogens is 1. The smallest absolute Gasteiger partial charge is 0.304 e. The fourth-order valence-electron chi connectivity index (χ4n) is 3.12. The highest BCUT2D eigenvalue weighted by atomic mass is 32.1. The van der Waals surface area contributed by atoms with E-state index >= 15 is 0 Å². The SMILES string of the molecule is O=c1[nH]c(CNC2CCCCC2c2ccccc2)cs1. The van der Waals surface area contributed by atoms with E-state index in [4.69, 9.17) is 0 Å². The van der Waals surface area contributed by atoms with Crippen molar-refractivity contribution < 1.29 is 0 Å². The van der Waals surface area contributed by atoms with Gasteiger partial charge in [-0.15, -0.1) is 0 Å². The molecule has 1 aliphatic rings. The van der Waals surface area contributed by atoms with Gasteiger partial charge in [-0.05, 0) is 24.3 Å². The highest BCUT2D eigenvalue weighted by molar-refractivity contribution is 7.07. The molecule has 0 spiro atoms. The van der Waals surface area contributed by atoms with Crippen LogP contribution >= 0.6 is 11.3 Å². The number of hydrogen-bond donors (Lipinski definition) is 2. The molecule has 20 heavy (non-hydrogen) atoms. The van der Waals surface area contributed by atoms with Crippen LogP contribution < -0.4 is 10.2 Å². The molecule has 0 bridgehead atoms. The monoisotopic (exact) mass is 288 g/mol. The van der Waals surface area contributed by atoms with Crippen LogP contribution in [0.1, 0.15) is 42.9 Å². The van der Waals surface area contributed by atoms with Gasteiger partial charge in [-0.2, -0.15) is 0 Å². The van der Waals surface area contributed by atoms with Gasteiger partial charge in [0.25, 0.3) is 0 Å². The van der Waals surface area contributed by atoms with Crippen molar-refractivity contribution in [3.05, 3.63) is 56.6 Å². The summed E-state index contributed by atoms with van der Waals surface area (Å²) in [6.45, 7) is 0.757. The number of rotatable bonds is 4. The van der Waals surface area contributed by atoms with Crippen LogP contribution in [0.4, 0.5) is 0 Å². The van der Waals surface area contributed by atoms with Crippen molar-refractivity contribution in [2.45, 2.75) is 44.2 Å². The Morgan fingerprint density at radius 2 is 2.00 bits per heavy atom. The van der Waals surface area contributed by atoms with Gasteiger partial charge in [0, 0.05) is 23.7 Å². The number of hydrogen-bond acceptors (Lipinski definition) is 3. The third kappa shape index (κ3) is 3.19. The Balaban J connectivity index is 1.68. The van der Waals surface area contributed by atoms with Crippen LogP contribution in [0.5, 0.6) is 0 Å². The zero-order valence-electron chi connectivity index (χ0n) is 11.5. The molecule has 1 aliphatic carbocycles. The van der Waals surface area contributed by atoms with E-state index in [2.05, 4.69) is 40.6 Å². The van der Waals surface area contributed by atoms with Gasteiger partial charge in [0.1, 0.15) is 0 Å². The van der Waals surface area contributed by atoms with Gasteiger partial charge in [-0.25, -0.2) is 0 Å². The van der Waals surface area contributed by atoms with Gasteiger partial charge in [0.05, 0.1) is 0 Å². The third-order valence-corrected chi connectivity index (χ3v) is 4.84. The van der Waals surface area contributed by atoms with E-state index in [1.165, 1.54) is 42.6 Å². The van der Waals surface area contributed by atoms with Gasteiger partial charge in [-0.1, -0.05) is 54.5 Å². The molecule has 1 aromatic carbocycles. The molecule has 1 fully saturated rings. The Bertz CT molecular complexity index is 590. The average Bonchev–Trinajstić information content (AvgIpc) is 2.92. The molecule has 4 heteroatoms. The maximum Gasteiger partial charge on any atom is 0.304 e.